The molecule has 3 aromatic carbocycles. The Bertz CT molecular complexity index is 950. The number of hydrogen-bond acceptors (Lipinski definition) is 5. The number of hydrazine groups is 1. The van der Waals surface area contributed by atoms with Crippen LogP contribution in [0, 0.1) is 0 Å². The smallest absolute Gasteiger partial charge is 0.265 e. The number of nitrogens with one attached hydrogen (secondary N) is 3. The summed E-state index contributed by atoms with van der Waals surface area (Å²) in [5, 5.41) is 12.1. The Morgan fingerprint density at radius 3 is 2.50 bits per heavy atom. The number of rotatable bonds is 10. The van der Waals surface area contributed by atoms with E-state index in [4.69, 9.17) is 9.84 Å². The second kappa shape index (κ2) is 11.3. The Hall–Kier alpha value is -2.87. The summed E-state index contributed by atoms with van der Waals surface area (Å²) in [5.41, 5.74) is 8.73. The van der Waals surface area contributed by atoms with E-state index in [2.05, 4.69) is 32.1 Å². The molecule has 0 aliphatic heterocycles. The average Bonchev–Trinajstić information content (AvgIpc) is 2.78. The number of aliphatic hydroxyl groups excluding tert-OH is 1. The van der Waals surface area contributed by atoms with Gasteiger partial charge in [0.05, 0.1) is 6.61 Å². The van der Waals surface area contributed by atoms with E-state index in [1.807, 2.05) is 60.7 Å². The van der Waals surface area contributed by atoms with E-state index in [9.17, 15) is 4.79 Å². The van der Waals surface area contributed by atoms with Gasteiger partial charge in [0.15, 0.2) is 0 Å². The number of benzene rings is 3. The number of carbonyl (C=O) groups excluding carboxylic acids is 1. The van der Waals surface area contributed by atoms with Crippen LogP contribution in [0.25, 0.3) is 0 Å². The molecule has 0 aromatic heterocycles. The lowest BCUT2D eigenvalue weighted by atomic mass is 10.1. The third-order valence-corrected chi connectivity index (χ3v) is 4.82. The van der Waals surface area contributed by atoms with Gasteiger partial charge in [-0.25, -0.2) is 5.43 Å². The van der Waals surface area contributed by atoms with E-state index in [1.54, 1.807) is 12.1 Å². The second-order valence-corrected chi connectivity index (χ2v) is 7.48. The molecule has 30 heavy (non-hydrogen) atoms. The van der Waals surface area contributed by atoms with Crippen LogP contribution in [0.4, 0.5) is 5.69 Å². The second-order valence-electron chi connectivity index (χ2n) is 6.56. The molecular weight excluding hydrogens is 446 g/mol. The first-order valence-corrected chi connectivity index (χ1v) is 10.4. The van der Waals surface area contributed by atoms with Crippen molar-refractivity contribution in [2.24, 2.45) is 0 Å². The van der Waals surface area contributed by atoms with Gasteiger partial charge >= 0.3 is 0 Å². The third-order valence-electron chi connectivity index (χ3n) is 4.33. The van der Waals surface area contributed by atoms with Crippen LogP contribution < -0.4 is 20.9 Å². The first-order valence-electron chi connectivity index (χ1n) is 9.59. The average molecular weight is 470 g/mol. The highest BCUT2D eigenvalue weighted by Gasteiger charge is 2.07. The Labute approximate surface area is 184 Å². The Morgan fingerprint density at radius 2 is 1.77 bits per heavy atom. The molecule has 3 aromatic rings. The van der Waals surface area contributed by atoms with E-state index in [0.29, 0.717) is 25.3 Å². The van der Waals surface area contributed by atoms with Crippen molar-refractivity contribution in [3.63, 3.8) is 0 Å². The molecule has 0 aliphatic rings. The Balaban J connectivity index is 1.59. The molecule has 0 saturated carbocycles. The summed E-state index contributed by atoms with van der Waals surface area (Å²) in [6, 6.07) is 23.2. The fourth-order valence-electron chi connectivity index (χ4n) is 2.77. The van der Waals surface area contributed by atoms with Crippen molar-refractivity contribution in [3.8, 4) is 5.75 Å². The molecule has 0 saturated heterocycles. The number of carbonyl (C=O) groups is 1. The van der Waals surface area contributed by atoms with Crippen molar-refractivity contribution >= 4 is 27.5 Å². The van der Waals surface area contributed by atoms with Crippen LogP contribution in [-0.2, 0) is 13.2 Å². The van der Waals surface area contributed by atoms with Crippen LogP contribution in [0.15, 0.2) is 77.3 Å². The summed E-state index contributed by atoms with van der Waals surface area (Å²) in [4.78, 5) is 12.0. The minimum Gasteiger partial charge on any atom is -0.489 e. The molecule has 0 bridgehead atoms. The highest BCUT2D eigenvalue weighted by atomic mass is 79.9. The summed E-state index contributed by atoms with van der Waals surface area (Å²) in [6.07, 6.45) is 0. The number of hydrogen-bond donors (Lipinski definition) is 4. The third kappa shape index (κ3) is 6.59. The van der Waals surface area contributed by atoms with Crippen LogP contribution in [0.2, 0.25) is 0 Å². The van der Waals surface area contributed by atoms with Gasteiger partial charge in [-0.05, 0) is 48.0 Å². The lowest BCUT2D eigenvalue weighted by Crippen LogP contribution is -2.38. The normalized spacial score (nSPS) is 10.5. The highest BCUT2D eigenvalue weighted by molar-refractivity contribution is 9.10. The summed E-state index contributed by atoms with van der Waals surface area (Å²) in [5.74, 6) is 0.569. The molecule has 0 unspecified atom stereocenters. The maximum atomic E-state index is 12.0. The molecule has 0 fully saturated rings. The zero-order chi connectivity index (χ0) is 21.2. The molecule has 4 N–H and O–H groups in total. The molecule has 0 atom stereocenters. The number of anilines is 1. The molecule has 1 amide bonds. The van der Waals surface area contributed by atoms with Gasteiger partial charge in [-0.3, -0.25) is 10.2 Å². The van der Waals surface area contributed by atoms with E-state index < -0.39 is 0 Å². The van der Waals surface area contributed by atoms with E-state index in [0.717, 1.165) is 27.0 Å². The summed E-state index contributed by atoms with van der Waals surface area (Å²) >= 11 is 3.52. The molecule has 0 radical (unpaired) electrons. The van der Waals surface area contributed by atoms with Crippen molar-refractivity contribution < 1.29 is 14.6 Å². The summed E-state index contributed by atoms with van der Waals surface area (Å²) in [7, 11) is 0. The first-order chi connectivity index (χ1) is 14.7. The van der Waals surface area contributed by atoms with Crippen LogP contribution in [0.3, 0.4) is 0 Å². The van der Waals surface area contributed by atoms with Crippen molar-refractivity contribution in [2.75, 3.05) is 18.5 Å². The van der Waals surface area contributed by atoms with Gasteiger partial charge < -0.3 is 15.2 Å². The zero-order valence-electron chi connectivity index (χ0n) is 16.4. The van der Waals surface area contributed by atoms with Gasteiger partial charge in [-0.15, -0.1) is 0 Å². The lowest BCUT2D eigenvalue weighted by Gasteiger charge is -2.14. The SMILES string of the molecule is O=C(NNCCO)c1ccc(NCc2cc(Br)ccc2OCc2ccccc2)cc1. The monoisotopic (exact) mass is 469 g/mol. The molecule has 6 nitrogen and oxygen atoms in total. The van der Waals surface area contributed by atoms with E-state index in [1.165, 1.54) is 0 Å². The van der Waals surface area contributed by atoms with Gasteiger partial charge in [-0.1, -0.05) is 46.3 Å². The number of amides is 1. The van der Waals surface area contributed by atoms with E-state index >= 15 is 0 Å². The van der Waals surface area contributed by atoms with Crippen molar-refractivity contribution in [2.45, 2.75) is 13.2 Å². The van der Waals surface area contributed by atoms with Gasteiger partial charge in [0.1, 0.15) is 12.4 Å². The minimum atomic E-state index is -0.251. The molecule has 0 heterocycles. The van der Waals surface area contributed by atoms with Crippen molar-refractivity contribution in [1.82, 2.24) is 10.9 Å². The van der Waals surface area contributed by atoms with Crippen LogP contribution in [0.1, 0.15) is 21.5 Å². The van der Waals surface area contributed by atoms with Gasteiger partial charge in [0, 0.05) is 34.4 Å². The molecular formula is C23H24BrN3O3. The lowest BCUT2D eigenvalue weighted by molar-refractivity contribution is 0.0930. The van der Waals surface area contributed by atoms with Gasteiger partial charge in [-0.2, -0.15) is 0 Å². The number of halogens is 1. The van der Waals surface area contributed by atoms with Gasteiger partial charge in [0.25, 0.3) is 5.91 Å². The van der Waals surface area contributed by atoms with E-state index in [-0.39, 0.29) is 12.5 Å². The largest absolute Gasteiger partial charge is 0.489 e. The van der Waals surface area contributed by atoms with Gasteiger partial charge in [0.2, 0.25) is 0 Å². The molecule has 156 valence electrons. The fraction of sp³-hybridized carbons (Fsp3) is 0.174. The fourth-order valence-corrected chi connectivity index (χ4v) is 3.18. The summed E-state index contributed by atoms with van der Waals surface area (Å²) in [6.45, 7) is 1.33. The Morgan fingerprint density at radius 1 is 1.00 bits per heavy atom. The zero-order valence-corrected chi connectivity index (χ0v) is 18.0. The molecule has 7 heteroatoms. The standard InChI is InChI=1S/C23H24BrN3O3/c24-20-8-11-22(30-16-17-4-2-1-3-5-17)19(14-20)15-25-21-9-6-18(7-10-21)23(29)27-26-12-13-28/h1-11,14,25-26,28H,12-13,15-16H2,(H,27,29). The molecule has 3 rings (SSSR count). The topological polar surface area (TPSA) is 82.6 Å². The minimum absolute atomic E-state index is 0.0458. The van der Waals surface area contributed by atoms with Crippen LogP contribution in [-0.4, -0.2) is 24.2 Å². The number of aliphatic hydroxyl groups is 1. The quantitative estimate of drug-likeness (QED) is 0.267. The maximum absolute atomic E-state index is 12.0. The van der Waals surface area contributed by atoms with Crippen molar-refractivity contribution in [1.29, 1.82) is 0 Å². The first kappa shape index (κ1) is 21.8. The summed E-state index contributed by atoms with van der Waals surface area (Å²) < 4.78 is 7.01. The highest BCUT2D eigenvalue weighted by Crippen LogP contribution is 2.25. The van der Waals surface area contributed by atoms with Crippen molar-refractivity contribution in [3.05, 3.63) is 94.0 Å². The predicted molar refractivity (Wildman–Crippen MR) is 121 cm³/mol. The maximum Gasteiger partial charge on any atom is 0.265 e. The molecule has 0 spiro atoms. The Kier molecular flexibility index (Phi) is 8.26. The predicted octanol–water partition coefficient (Wildman–Crippen LogP) is 3.87. The van der Waals surface area contributed by atoms with Crippen LogP contribution in [0.5, 0.6) is 5.75 Å². The molecule has 0 aliphatic carbocycles. The van der Waals surface area contributed by atoms with Crippen LogP contribution >= 0.6 is 15.9 Å². The number of ether oxygens (including phenoxy) is 1.